The Bertz CT molecular complexity index is 1150. The highest BCUT2D eigenvalue weighted by Crippen LogP contribution is 2.26. The molecule has 1 atom stereocenters. The largest absolute Gasteiger partial charge is 0.354 e. The van der Waals surface area contributed by atoms with Crippen molar-refractivity contribution in [1.82, 2.24) is 34.9 Å². The zero-order valence-corrected chi connectivity index (χ0v) is 17.3. The van der Waals surface area contributed by atoms with Crippen molar-refractivity contribution in [3.8, 4) is 17.2 Å². The molecular weight excluding hydrogens is 414 g/mol. The number of anilines is 2. The molecule has 4 aromatic rings. The molecule has 4 aromatic heterocycles. The molecule has 0 radical (unpaired) electrons. The van der Waals surface area contributed by atoms with Gasteiger partial charge in [-0.2, -0.15) is 5.10 Å². The average molecular weight is 434 g/mol. The van der Waals surface area contributed by atoms with Crippen molar-refractivity contribution >= 4 is 28.2 Å². The number of nitrogens with zero attached hydrogens (tertiary/aromatic N) is 8. The molecule has 1 aliphatic heterocycles. The van der Waals surface area contributed by atoms with Crippen molar-refractivity contribution in [1.29, 1.82) is 0 Å². The van der Waals surface area contributed by atoms with Gasteiger partial charge in [0.05, 0.1) is 11.6 Å². The first-order chi connectivity index (χ1) is 15.3. The zero-order valence-electron chi connectivity index (χ0n) is 16.5. The third-order valence-corrected chi connectivity index (χ3v) is 5.83. The van der Waals surface area contributed by atoms with Crippen molar-refractivity contribution in [2.24, 2.45) is 5.92 Å². The highest BCUT2D eigenvalue weighted by molar-refractivity contribution is 7.14. The highest BCUT2D eigenvalue weighted by atomic mass is 32.1. The Morgan fingerprint density at radius 1 is 1.13 bits per heavy atom. The minimum atomic E-state index is -0.146. The van der Waals surface area contributed by atoms with Gasteiger partial charge in [0.25, 0.3) is 0 Å². The molecular formula is C20H19N9OS. The molecule has 5 heterocycles. The Kier molecular flexibility index (Phi) is 5.31. The number of hydrogen-bond donors (Lipinski definition) is 1. The molecule has 11 heteroatoms. The fraction of sp³-hybridized carbons (Fsp3) is 0.250. The predicted molar refractivity (Wildman–Crippen MR) is 116 cm³/mol. The van der Waals surface area contributed by atoms with E-state index in [1.54, 1.807) is 17.2 Å². The topological polar surface area (TPSA) is 115 Å². The summed E-state index contributed by atoms with van der Waals surface area (Å²) >= 11 is 1.40. The van der Waals surface area contributed by atoms with Gasteiger partial charge in [-0.1, -0.05) is 6.07 Å². The third kappa shape index (κ3) is 4.26. The van der Waals surface area contributed by atoms with Crippen molar-refractivity contribution in [2.75, 3.05) is 23.3 Å². The van der Waals surface area contributed by atoms with Crippen molar-refractivity contribution in [2.45, 2.75) is 12.8 Å². The Hall–Kier alpha value is -3.73. The number of hydrogen-bond acceptors (Lipinski definition) is 9. The number of piperidine rings is 1. The molecule has 1 aliphatic rings. The van der Waals surface area contributed by atoms with E-state index >= 15 is 0 Å². The lowest BCUT2D eigenvalue weighted by Gasteiger charge is -2.32. The standard InChI is InChI=1S/C20H19N9OS/c30-19(25-20-24-16(11-31-20)15-5-1-2-8-22-15)14-4-3-9-28(10-14)17-6-7-18(27-26-17)29-13-21-12-23-29/h1-2,5-8,11-14H,3-4,9-10H2,(H,24,25,30)/t14-/m1/s1. The van der Waals surface area contributed by atoms with E-state index in [9.17, 15) is 4.79 Å². The number of carbonyl (C=O) groups excluding carboxylic acids is 1. The molecule has 0 unspecified atom stereocenters. The number of pyridine rings is 1. The molecule has 1 saturated heterocycles. The second-order valence-corrected chi connectivity index (χ2v) is 7.98. The summed E-state index contributed by atoms with van der Waals surface area (Å²) in [5.74, 6) is 1.17. The summed E-state index contributed by atoms with van der Waals surface area (Å²) < 4.78 is 1.55. The van der Waals surface area contributed by atoms with Crippen molar-refractivity contribution in [3.05, 3.63) is 54.6 Å². The first-order valence-electron chi connectivity index (χ1n) is 9.88. The van der Waals surface area contributed by atoms with Crippen LogP contribution in [0.15, 0.2) is 54.6 Å². The van der Waals surface area contributed by atoms with Crippen LogP contribution in [-0.2, 0) is 4.79 Å². The predicted octanol–water partition coefficient (Wildman–Crippen LogP) is 2.43. The first-order valence-corrected chi connectivity index (χ1v) is 10.8. The lowest BCUT2D eigenvalue weighted by atomic mass is 9.97. The lowest BCUT2D eigenvalue weighted by Crippen LogP contribution is -2.41. The van der Waals surface area contributed by atoms with Gasteiger partial charge >= 0.3 is 0 Å². The molecule has 0 saturated carbocycles. The number of nitrogens with one attached hydrogen (secondary N) is 1. The Labute approximate surface area is 182 Å². The van der Waals surface area contributed by atoms with E-state index in [0.29, 0.717) is 17.5 Å². The van der Waals surface area contributed by atoms with E-state index in [0.717, 1.165) is 36.6 Å². The van der Waals surface area contributed by atoms with E-state index in [4.69, 9.17) is 0 Å². The molecule has 0 bridgehead atoms. The van der Waals surface area contributed by atoms with E-state index in [1.807, 2.05) is 35.7 Å². The van der Waals surface area contributed by atoms with Gasteiger partial charge in [0.2, 0.25) is 5.91 Å². The molecule has 0 spiro atoms. The van der Waals surface area contributed by atoms with Gasteiger partial charge in [-0.3, -0.25) is 9.78 Å². The van der Waals surface area contributed by atoms with Gasteiger partial charge in [0.1, 0.15) is 18.3 Å². The van der Waals surface area contributed by atoms with Crippen LogP contribution in [0, 0.1) is 5.92 Å². The molecule has 156 valence electrons. The van der Waals surface area contributed by atoms with Crippen LogP contribution in [0.25, 0.3) is 17.2 Å². The number of carbonyl (C=O) groups is 1. The maximum absolute atomic E-state index is 12.9. The molecule has 0 aromatic carbocycles. The van der Waals surface area contributed by atoms with E-state index in [2.05, 4.69) is 40.5 Å². The Morgan fingerprint density at radius 2 is 2.03 bits per heavy atom. The maximum Gasteiger partial charge on any atom is 0.231 e. The second-order valence-electron chi connectivity index (χ2n) is 7.12. The Morgan fingerprint density at radius 3 is 2.81 bits per heavy atom. The van der Waals surface area contributed by atoms with Crippen LogP contribution in [0.1, 0.15) is 12.8 Å². The molecule has 1 fully saturated rings. The van der Waals surface area contributed by atoms with Crippen LogP contribution < -0.4 is 10.2 Å². The van der Waals surface area contributed by atoms with Crippen LogP contribution in [-0.4, -0.2) is 53.9 Å². The van der Waals surface area contributed by atoms with Crippen LogP contribution in [0.5, 0.6) is 0 Å². The number of thiazole rings is 1. The fourth-order valence-corrected chi connectivity index (χ4v) is 4.21. The number of amides is 1. The summed E-state index contributed by atoms with van der Waals surface area (Å²) in [6.07, 6.45) is 6.48. The summed E-state index contributed by atoms with van der Waals surface area (Å²) in [5.41, 5.74) is 1.55. The summed E-state index contributed by atoms with van der Waals surface area (Å²) in [5, 5.41) is 18.0. The zero-order chi connectivity index (χ0) is 21.0. The van der Waals surface area contributed by atoms with E-state index in [-0.39, 0.29) is 11.8 Å². The van der Waals surface area contributed by atoms with Crippen LogP contribution in [0.4, 0.5) is 10.9 Å². The maximum atomic E-state index is 12.9. The van der Waals surface area contributed by atoms with Crippen LogP contribution >= 0.6 is 11.3 Å². The van der Waals surface area contributed by atoms with Gasteiger partial charge in [-0.25, -0.2) is 14.6 Å². The minimum absolute atomic E-state index is 0.0289. The van der Waals surface area contributed by atoms with Gasteiger partial charge in [-0.15, -0.1) is 21.5 Å². The normalized spacial score (nSPS) is 16.3. The number of rotatable bonds is 5. The summed E-state index contributed by atoms with van der Waals surface area (Å²) in [7, 11) is 0. The highest BCUT2D eigenvalue weighted by Gasteiger charge is 2.27. The summed E-state index contributed by atoms with van der Waals surface area (Å²) in [6, 6.07) is 9.41. The molecule has 1 N–H and O–H groups in total. The average Bonchev–Trinajstić information content (AvgIpc) is 3.53. The third-order valence-electron chi connectivity index (χ3n) is 5.07. The first kappa shape index (κ1) is 19.2. The second kappa shape index (κ2) is 8.56. The molecule has 31 heavy (non-hydrogen) atoms. The van der Waals surface area contributed by atoms with E-state index < -0.39 is 0 Å². The van der Waals surface area contributed by atoms with Gasteiger partial charge in [0, 0.05) is 24.7 Å². The quantitative estimate of drug-likeness (QED) is 0.510. The van der Waals surface area contributed by atoms with E-state index in [1.165, 1.54) is 17.7 Å². The smallest absolute Gasteiger partial charge is 0.231 e. The van der Waals surface area contributed by atoms with Gasteiger partial charge in [-0.05, 0) is 37.1 Å². The van der Waals surface area contributed by atoms with Crippen LogP contribution in [0.3, 0.4) is 0 Å². The minimum Gasteiger partial charge on any atom is -0.354 e. The monoisotopic (exact) mass is 433 g/mol. The molecule has 0 aliphatic carbocycles. The molecule has 5 rings (SSSR count). The number of aromatic nitrogens is 7. The van der Waals surface area contributed by atoms with Crippen LogP contribution in [0.2, 0.25) is 0 Å². The molecule has 10 nitrogen and oxygen atoms in total. The van der Waals surface area contributed by atoms with Gasteiger partial charge < -0.3 is 10.2 Å². The molecule has 1 amide bonds. The summed E-state index contributed by atoms with van der Waals surface area (Å²) in [4.78, 5) is 27.7. The lowest BCUT2D eigenvalue weighted by molar-refractivity contribution is -0.120. The Balaban J connectivity index is 1.23. The van der Waals surface area contributed by atoms with Gasteiger partial charge in [0.15, 0.2) is 16.8 Å². The van der Waals surface area contributed by atoms with Crippen molar-refractivity contribution in [3.63, 3.8) is 0 Å². The van der Waals surface area contributed by atoms with Crippen molar-refractivity contribution < 1.29 is 4.79 Å². The SMILES string of the molecule is O=C(Nc1nc(-c2ccccn2)cs1)[C@@H]1CCCN(c2ccc(-n3cncn3)nn2)C1. The fourth-order valence-electron chi connectivity index (χ4n) is 3.51. The summed E-state index contributed by atoms with van der Waals surface area (Å²) in [6.45, 7) is 1.42.